The van der Waals surface area contributed by atoms with Gasteiger partial charge in [0.2, 0.25) is 0 Å². The Morgan fingerprint density at radius 1 is 1.24 bits per heavy atom. The number of rotatable bonds is 4. The van der Waals surface area contributed by atoms with E-state index in [1.165, 1.54) is 24.9 Å². The molecule has 3 heteroatoms. The molecule has 1 N–H and O–H groups in total. The highest BCUT2D eigenvalue weighted by Gasteiger charge is 2.27. The molecule has 2 heterocycles. The molecule has 3 nitrogen and oxygen atoms in total. The second-order valence-corrected chi connectivity index (χ2v) is 7.34. The SMILES string of the molecule is CCCNc1cncc(N2CCCC(C(C)(C)C)CC2)c1. The number of hydrogen-bond acceptors (Lipinski definition) is 3. The van der Waals surface area contributed by atoms with E-state index in [1.54, 1.807) is 0 Å². The molecule has 21 heavy (non-hydrogen) atoms. The molecule has 0 bridgehead atoms. The minimum atomic E-state index is 0.429. The Labute approximate surface area is 130 Å². The smallest absolute Gasteiger partial charge is 0.0573 e. The highest BCUT2D eigenvalue weighted by atomic mass is 15.1. The second-order valence-electron chi connectivity index (χ2n) is 7.34. The number of aromatic nitrogens is 1. The monoisotopic (exact) mass is 289 g/mol. The first-order chi connectivity index (χ1) is 10.0. The van der Waals surface area contributed by atoms with Crippen molar-refractivity contribution in [1.82, 2.24) is 4.98 Å². The third kappa shape index (κ3) is 4.62. The molecular formula is C18H31N3. The standard InChI is InChI=1S/C18H31N3/c1-5-9-20-16-12-17(14-19-13-16)21-10-6-7-15(8-11-21)18(2,3)4/h12-15,20H,5-11H2,1-4H3. The molecule has 1 atom stereocenters. The number of nitrogens with one attached hydrogen (secondary N) is 1. The van der Waals surface area contributed by atoms with E-state index < -0.39 is 0 Å². The second kappa shape index (κ2) is 7.15. The summed E-state index contributed by atoms with van der Waals surface area (Å²) in [6, 6.07) is 2.25. The Balaban J connectivity index is 2.02. The van der Waals surface area contributed by atoms with Gasteiger partial charge in [-0.05, 0) is 43.1 Å². The quantitative estimate of drug-likeness (QED) is 0.881. The first-order valence-electron chi connectivity index (χ1n) is 8.44. The van der Waals surface area contributed by atoms with Crippen molar-refractivity contribution < 1.29 is 0 Å². The molecule has 0 amide bonds. The maximum Gasteiger partial charge on any atom is 0.0573 e. The van der Waals surface area contributed by atoms with Gasteiger partial charge in [0, 0.05) is 19.6 Å². The predicted octanol–water partition coefficient (Wildman–Crippen LogP) is 4.56. The van der Waals surface area contributed by atoms with E-state index in [-0.39, 0.29) is 0 Å². The van der Waals surface area contributed by atoms with Crippen LogP contribution in [-0.2, 0) is 0 Å². The average molecular weight is 289 g/mol. The molecule has 2 rings (SSSR count). The summed E-state index contributed by atoms with van der Waals surface area (Å²) < 4.78 is 0. The molecule has 1 unspecified atom stereocenters. The summed E-state index contributed by atoms with van der Waals surface area (Å²) in [6.45, 7) is 12.6. The van der Waals surface area contributed by atoms with Gasteiger partial charge in [-0.2, -0.15) is 0 Å². The maximum atomic E-state index is 4.41. The van der Waals surface area contributed by atoms with Gasteiger partial charge in [0.05, 0.1) is 23.8 Å². The van der Waals surface area contributed by atoms with Crippen LogP contribution in [-0.4, -0.2) is 24.6 Å². The van der Waals surface area contributed by atoms with E-state index in [0.717, 1.165) is 37.7 Å². The van der Waals surface area contributed by atoms with Crippen molar-refractivity contribution in [2.24, 2.45) is 11.3 Å². The first kappa shape index (κ1) is 16.1. The molecule has 1 aromatic rings. The summed E-state index contributed by atoms with van der Waals surface area (Å²) in [7, 11) is 0. The lowest BCUT2D eigenvalue weighted by molar-refractivity contribution is 0.220. The van der Waals surface area contributed by atoms with Crippen molar-refractivity contribution in [2.75, 3.05) is 29.9 Å². The van der Waals surface area contributed by atoms with Crippen LogP contribution in [0.15, 0.2) is 18.5 Å². The lowest BCUT2D eigenvalue weighted by atomic mass is 9.77. The third-order valence-electron chi connectivity index (χ3n) is 4.62. The van der Waals surface area contributed by atoms with Crippen LogP contribution < -0.4 is 10.2 Å². The van der Waals surface area contributed by atoms with Crippen molar-refractivity contribution in [1.29, 1.82) is 0 Å². The van der Waals surface area contributed by atoms with Crippen molar-refractivity contribution in [3.63, 3.8) is 0 Å². The molecule has 118 valence electrons. The molecule has 1 aliphatic rings. The first-order valence-corrected chi connectivity index (χ1v) is 8.44. The van der Waals surface area contributed by atoms with Crippen LogP contribution >= 0.6 is 0 Å². The van der Waals surface area contributed by atoms with E-state index in [2.05, 4.69) is 49.0 Å². The van der Waals surface area contributed by atoms with Gasteiger partial charge in [0.1, 0.15) is 0 Å². The van der Waals surface area contributed by atoms with Crippen LogP contribution in [0.4, 0.5) is 11.4 Å². The summed E-state index contributed by atoms with van der Waals surface area (Å²) in [5.41, 5.74) is 2.84. The molecule has 1 fully saturated rings. The average Bonchev–Trinajstić information content (AvgIpc) is 2.71. The lowest BCUT2D eigenvalue weighted by Gasteiger charge is -2.30. The summed E-state index contributed by atoms with van der Waals surface area (Å²) in [5, 5.41) is 3.43. The largest absolute Gasteiger partial charge is 0.384 e. The van der Waals surface area contributed by atoms with Crippen LogP contribution in [0.3, 0.4) is 0 Å². The van der Waals surface area contributed by atoms with Crippen LogP contribution in [0, 0.1) is 11.3 Å². The summed E-state index contributed by atoms with van der Waals surface area (Å²) in [5.74, 6) is 0.830. The highest BCUT2D eigenvalue weighted by molar-refractivity contribution is 5.55. The van der Waals surface area contributed by atoms with Crippen molar-refractivity contribution >= 4 is 11.4 Å². The van der Waals surface area contributed by atoms with Crippen LogP contribution in [0.5, 0.6) is 0 Å². The minimum Gasteiger partial charge on any atom is -0.384 e. The van der Waals surface area contributed by atoms with Crippen molar-refractivity contribution in [3.8, 4) is 0 Å². The topological polar surface area (TPSA) is 28.2 Å². The Morgan fingerprint density at radius 3 is 2.76 bits per heavy atom. The van der Waals surface area contributed by atoms with E-state index in [1.807, 2.05) is 12.4 Å². The molecular weight excluding hydrogens is 258 g/mol. The summed E-state index contributed by atoms with van der Waals surface area (Å²) in [6.07, 6.45) is 9.00. The van der Waals surface area contributed by atoms with Crippen LogP contribution in [0.25, 0.3) is 0 Å². The fraction of sp³-hybridized carbons (Fsp3) is 0.722. The number of anilines is 2. The van der Waals surface area contributed by atoms with E-state index in [0.29, 0.717) is 5.41 Å². The van der Waals surface area contributed by atoms with Gasteiger partial charge in [0.15, 0.2) is 0 Å². The van der Waals surface area contributed by atoms with Gasteiger partial charge in [-0.25, -0.2) is 0 Å². The lowest BCUT2D eigenvalue weighted by Crippen LogP contribution is -2.26. The molecule has 0 aliphatic carbocycles. The van der Waals surface area contributed by atoms with Gasteiger partial charge in [-0.1, -0.05) is 27.7 Å². The summed E-state index contributed by atoms with van der Waals surface area (Å²) in [4.78, 5) is 6.92. The van der Waals surface area contributed by atoms with E-state index >= 15 is 0 Å². The Kier molecular flexibility index (Phi) is 5.49. The predicted molar refractivity (Wildman–Crippen MR) is 92.0 cm³/mol. The highest BCUT2D eigenvalue weighted by Crippen LogP contribution is 2.35. The van der Waals surface area contributed by atoms with Gasteiger partial charge in [-0.3, -0.25) is 4.98 Å². The number of hydrogen-bond donors (Lipinski definition) is 1. The van der Waals surface area contributed by atoms with Crippen molar-refractivity contribution in [2.45, 2.75) is 53.4 Å². The zero-order chi connectivity index (χ0) is 15.3. The molecule has 0 saturated carbocycles. The van der Waals surface area contributed by atoms with Crippen molar-refractivity contribution in [3.05, 3.63) is 18.5 Å². The normalized spacial score (nSPS) is 20.2. The van der Waals surface area contributed by atoms with E-state index in [9.17, 15) is 0 Å². The fourth-order valence-electron chi connectivity index (χ4n) is 3.19. The Hall–Kier alpha value is -1.25. The number of nitrogens with zero attached hydrogens (tertiary/aromatic N) is 2. The molecule has 0 spiro atoms. The molecule has 0 radical (unpaired) electrons. The number of pyridine rings is 1. The zero-order valence-corrected chi connectivity index (χ0v) is 14.2. The minimum absolute atomic E-state index is 0.429. The molecule has 0 aromatic carbocycles. The van der Waals surface area contributed by atoms with Gasteiger partial charge < -0.3 is 10.2 Å². The Bertz CT molecular complexity index is 436. The molecule has 1 aliphatic heterocycles. The fourth-order valence-corrected chi connectivity index (χ4v) is 3.19. The third-order valence-corrected chi connectivity index (χ3v) is 4.62. The van der Waals surface area contributed by atoms with Gasteiger partial charge >= 0.3 is 0 Å². The molecule has 1 saturated heterocycles. The molecule has 1 aromatic heterocycles. The zero-order valence-electron chi connectivity index (χ0n) is 14.2. The van der Waals surface area contributed by atoms with Gasteiger partial charge in [-0.15, -0.1) is 0 Å². The van der Waals surface area contributed by atoms with Gasteiger partial charge in [0.25, 0.3) is 0 Å². The van der Waals surface area contributed by atoms with Crippen LogP contribution in [0.1, 0.15) is 53.4 Å². The van der Waals surface area contributed by atoms with Crippen LogP contribution in [0.2, 0.25) is 0 Å². The summed E-state index contributed by atoms with van der Waals surface area (Å²) >= 11 is 0. The van der Waals surface area contributed by atoms with E-state index in [4.69, 9.17) is 0 Å². The maximum absolute atomic E-state index is 4.41. The Morgan fingerprint density at radius 2 is 2.05 bits per heavy atom.